The van der Waals surface area contributed by atoms with Gasteiger partial charge in [0.2, 0.25) is 0 Å². The van der Waals surface area contributed by atoms with Gasteiger partial charge >= 0.3 is 6.09 Å². The zero-order valence-electron chi connectivity index (χ0n) is 13.3. The number of carbonyl (C=O) groups is 1. The number of amides is 1. The average Bonchev–Trinajstić information content (AvgIpc) is 3.01. The van der Waals surface area contributed by atoms with Crippen LogP contribution in [0.25, 0.3) is 33.4 Å². The van der Waals surface area contributed by atoms with Gasteiger partial charge in [-0.15, -0.1) is 0 Å². The monoisotopic (exact) mass is 365 g/mol. The van der Waals surface area contributed by atoms with Gasteiger partial charge in [0, 0.05) is 40.8 Å². The van der Waals surface area contributed by atoms with E-state index in [1.807, 2.05) is 18.2 Å². The van der Waals surface area contributed by atoms with Gasteiger partial charge in [-0.2, -0.15) is 0 Å². The van der Waals surface area contributed by atoms with Gasteiger partial charge in [-0.1, -0.05) is 23.7 Å². The van der Waals surface area contributed by atoms with Crippen LogP contribution >= 0.6 is 11.6 Å². The highest BCUT2D eigenvalue weighted by Gasteiger charge is 2.17. The molecule has 8 heteroatoms. The molecule has 0 fully saturated rings. The maximum Gasteiger partial charge on any atom is 0.409 e. The number of carboxylic acid groups (broad SMARTS) is 1. The van der Waals surface area contributed by atoms with Crippen LogP contribution in [0.4, 0.5) is 10.5 Å². The van der Waals surface area contributed by atoms with Crippen molar-refractivity contribution in [1.82, 2.24) is 19.9 Å². The summed E-state index contributed by atoms with van der Waals surface area (Å²) >= 11 is 6.13. The summed E-state index contributed by atoms with van der Waals surface area (Å²) in [5.41, 5.74) is 4.58. The molecule has 0 saturated heterocycles. The molecule has 0 radical (unpaired) electrons. The number of benzene rings is 1. The number of aromatic amines is 1. The highest BCUT2D eigenvalue weighted by Crippen LogP contribution is 2.38. The molecule has 0 aliphatic heterocycles. The van der Waals surface area contributed by atoms with Crippen molar-refractivity contribution in [2.75, 3.05) is 5.32 Å². The molecule has 1 aromatic carbocycles. The standard InChI is InChI=1S/C18H12ClN5O2/c19-12-5-14-15(11-6-20-9-21-7-11)16(24-17(14)22-8-12)10-1-3-13(4-2-10)23-18(25)26/h1-9,23H,(H,22,24)(H,25,26). The lowest BCUT2D eigenvalue weighted by Crippen LogP contribution is -2.06. The summed E-state index contributed by atoms with van der Waals surface area (Å²) in [5, 5.41) is 12.5. The molecule has 0 atom stereocenters. The first-order valence-corrected chi connectivity index (χ1v) is 8.02. The molecule has 4 rings (SSSR count). The van der Waals surface area contributed by atoms with Crippen molar-refractivity contribution in [3.05, 3.63) is 60.3 Å². The minimum Gasteiger partial charge on any atom is -0.465 e. The molecule has 3 heterocycles. The van der Waals surface area contributed by atoms with E-state index in [1.165, 1.54) is 6.33 Å². The molecule has 3 aromatic heterocycles. The van der Waals surface area contributed by atoms with Crippen molar-refractivity contribution in [3.8, 4) is 22.4 Å². The quantitative estimate of drug-likeness (QED) is 0.498. The first-order valence-electron chi connectivity index (χ1n) is 7.65. The second kappa shape index (κ2) is 6.45. The SMILES string of the molecule is O=C(O)Nc1ccc(-c2[nH]c3ncc(Cl)cc3c2-c2cncnc2)cc1. The minimum absolute atomic E-state index is 0.489. The summed E-state index contributed by atoms with van der Waals surface area (Å²) in [6.07, 6.45) is 5.38. The van der Waals surface area contributed by atoms with Crippen molar-refractivity contribution >= 4 is 34.4 Å². The minimum atomic E-state index is -1.11. The van der Waals surface area contributed by atoms with Gasteiger partial charge in [0.05, 0.1) is 10.7 Å². The Labute approximate surface area is 152 Å². The van der Waals surface area contributed by atoms with Crippen LogP contribution < -0.4 is 5.32 Å². The Balaban J connectivity index is 1.91. The topological polar surface area (TPSA) is 104 Å². The summed E-state index contributed by atoms with van der Waals surface area (Å²) < 4.78 is 0. The predicted molar refractivity (Wildman–Crippen MR) is 99.2 cm³/mol. The van der Waals surface area contributed by atoms with E-state index in [2.05, 4.69) is 25.3 Å². The van der Waals surface area contributed by atoms with Crippen molar-refractivity contribution in [2.45, 2.75) is 0 Å². The number of anilines is 1. The third-order valence-electron chi connectivity index (χ3n) is 3.89. The number of rotatable bonds is 3. The van der Waals surface area contributed by atoms with Gasteiger partial charge in [-0.3, -0.25) is 5.32 Å². The molecule has 0 unspecified atom stereocenters. The van der Waals surface area contributed by atoms with Crippen molar-refractivity contribution in [2.24, 2.45) is 0 Å². The smallest absolute Gasteiger partial charge is 0.409 e. The van der Waals surface area contributed by atoms with Gasteiger partial charge in [-0.05, 0) is 23.8 Å². The van der Waals surface area contributed by atoms with Crippen molar-refractivity contribution < 1.29 is 9.90 Å². The number of aromatic nitrogens is 4. The van der Waals surface area contributed by atoms with E-state index in [9.17, 15) is 4.79 Å². The third-order valence-corrected chi connectivity index (χ3v) is 4.10. The van der Waals surface area contributed by atoms with Crippen molar-refractivity contribution in [1.29, 1.82) is 0 Å². The first kappa shape index (κ1) is 16.0. The van der Waals surface area contributed by atoms with Gasteiger partial charge in [0.15, 0.2) is 0 Å². The summed E-state index contributed by atoms with van der Waals surface area (Å²) in [4.78, 5) is 26.6. The Bertz CT molecular complexity index is 1090. The molecule has 1 amide bonds. The number of H-pyrrole nitrogens is 1. The lowest BCUT2D eigenvalue weighted by Gasteiger charge is -2.06. The molecule has 3 N–H and O–H groups in total. The summed E-state index contributed by atoms with van der Waals surface area (Å²) in [7, 11) is 0. The molecule has 0 spiro atoms. The lowest BCUT2D eigenvalue weighted by molar-refractivity contribution is 0.210. The molecular formula is C18H12ClN5O2. The Morgan fingerprint density at radius 1 is 1.08 bits per heavy atom. The molecule has 26 heavy (non-hydrogen) atoms. The molecule has 128 valence electrons. The molecule has 0 aliphatic rings. The Morgan fingerprint density at radius 3 is 2.50 bits per heavy atom. The van der Waals surface area contributed by atoms with Crippen LogP contribution in [-0.2, 0) is 0 Å². The second-order valence-electron chi connectivity index (χ2n) is 5.56. The molecule has 7 nitrogen and oxygen atoms in total. The number of pyridine rings is 1. The van der Waals surface area contributed by atoms with Crippen LogP contribution in [0, 0.1) is 0 Å². The summed E-state index contributed by atoms with van der Waals surface area (Å²) in [5.74, 6) is 0. The van der Waals surface area contributed by atoms with Crippen LogP contribution in [-0.4, -0.2) is 31.1 Å². The molecule has 0 aliphatic carbocycles. The molecule has 0 bridgehead atoms. The van der Waals surface area contributed by atoms with Crippen LogP contribution in [0.1, 0.15) is 0 Å². The highest BCUT2D eigenvalue weighted by atomic mass is 35.5. The second-order valence-corrected chi connectivity index (χ2v) is 6.00. The number of nitrogens with zero attached hydrogens (tertiary/aromatic N) is 3. The normalized spacial score (nSPS) is 10.8. The van der Waals surface area contributed by atoms with Gasteiger partial charge in [0.25, 0.3) is 0 Å². The maximum atomic E-state index is 10.8. The fourth-order valence-electron chi connectivity index (χ4n) is 2.83. The van der Waals surface area contributed by atoms with E-state index in [0.717, 1.165) is 27.8 Å². The van der Waals surface area contributed by atoms with Gasteiger partial charge < -0.3 is 10.1 Å². The van der Waals surface area contributed by atoms with Crippen LogP contribution in [0.5, 0.6) is 0 Å². The van der Waals surface area contributed by atoms with E-state index >= 15 is 0 Å². The van der Waals surface area contributed by atoms with E-state index in [1.54, 1.807) is 30.7 Å². The van der Waals surface area contributed by atoms with Gasteiger partial charge in [0.1, 0.15) is 12.0 Å². The van der Waals surface area contributed by atoms with Crippen LogP contribution in [0.2, 0.25) is 5.02 Å². The average molecular weight is 366 g/mol. The zero-order chi connectivity index (χ0) is 18.1. The lowest BCUT2D eigenvalue weighted by atomic mass is 10.0. The Kier molecular flexibility index (Phi) is 3.98. The largest absolute Gasteiger partial charge is 0.465 e. The number of hydrogen-bond acceptors (Lipinski definition) is 4. The van der Waals surface area contributed by atoms with Crippen LogP contribution in [0.15, 0.2) is 55.2 Å². The molecule has 0 saturated carbocycles. The fourth-order valence-corrected chi connectivity index (χ4v) is 2.99. The zero-order valence-corrected chi connectivity index (χ0v) is 14.0. The molecule has 4 aromatic rings. The predicted octanol–water partition coefficient (Wildman–Crippen LogP) is 4.43. The number of hydrogen-bond donors (Lipinski definition) is 3. The van der Waals surface area contributed by atoms with E-state index < -0.39 is 6.09 Å². The maximum absolute atomic E-state index is 10.8. The first-order chi connectivity index (χ1) is 12.6. The highest BCUT2D eigenvalue weighted by molar-refractivity contribution is 6.31. The third kappa shape index (κ3) is 2.96. The van der Waals surface area contributed by atoms with E-state index in [-0.39, 0.29) is 0 Å². The molecular weight excluding hydrogens is 354 g/mol. The Morgan fingerprint density at radius 2 is 1.81 bits per heavy atom. The number of halogens is 1. The number of nitrogens with one attached hydrogen (secondary N) is 2. The number of fused-ring (bicyclic) bond motifs is 1. The fraction of sp³-hybridized carbons (Fsp3) is 0. The van der Waals surface area contributed by atoms with Crippen molar-refractivity contribution in [3.63, 3.8) is 0 Å². The Hall–Kier alpha value is -3.45. The summed E-state index contributed by atoms with van der Waals surface area (Å²) in [6.45, 7) is 0. The van der Waals surface area contributed by atoms with E-state index in [4.69, 9.17) is 16.7 Å². The van der Waals surface area contributed by atoms with Crippen LogP contribution in [0.3, 0.4) is 0 Å². The van der Waals surface area contributed by atoms with Gasteiger partial charge in [-0.25, -0.2) is 19.7 Å². The van der Waals surface area contributed by atoms with E-state index in [0.29, 0.717) is 16.4 Å². The summed E-state index contributed by atoms with van der Waals surface area (Å²) in [6, 6.07) is 8.88.